The zero-order valence-electron chi connectivity index (χ0n) is 34.4. The lowest BCUT2D eigenvalue weighted by atomic mass is 10.1. The van der Waals surface area contributed by atoms with Gasteiger partial charge in [-0.15, -0.1) is 0 Å². The predicted molar refractivity (Wildman–Crippen MR) is 225 cm³/mol. The Kier molecular flexibility index (Phi) is 37.4. The van der Waals surface area contributed by atoms with Crippen molar-refractivity contribution in [3.63, 3.8) is 0 Å². The van der Waals surface area contributed by atoms with Crippen molar-refractivity contribution in [1.82, 2.24) is 0 Å². The highest BCUT2D eigenvalue weighted by molar-refractivity contribution is 7.47. The average Bonchev–Trinajstić information content (AvgIpc) is 3.17. The van der Waals surface area contributed by atoms with E-state index < -0.39 is 51.8 Å². The van der Waals surface area contributed by atoms with E-state index in [0.717, 1.165) is 77.0 Å². The van der Waals surface area contributed by atoms with Crippen LogP contribution in [0.3, 0.4) is 0 Å². The third-order valence-electron chi connectivity index (χ3n) is 8.38. The fourth-order valence-electron chi connectivity index (χ4n) is 5.11. The minimum absolute atomic E-state index is 0.0893. The number of unbranched alkanes of at least 4 members (excludes halogenated alkanes) is 11. The molecular formula is C44H75O11P. The van der Waals surface area contributed by atoms with Crippen LogP contribution >= 0.6 is 7.82 Å². The maximum Gasteiger partial charge on any atom is 0.472 e. The first kappa shape index (κ1) is 53.4. The molecule has 0 amide bonds. The summed E-state index contributed by atoms with van der Waals surface area (Å²) in [6.45, 7) is 1.80. The molecule has 1 unspecified atom stereocenters. The van der Waals surface area contributed by atoms with Gasteiger partial charge in [-0.25, -0.2) is 4.57 Å². The van der Waals surface area contributed by atoms with Gasteiger partial charge in [-0.2, -0.15) is 0 Å². The van der Waals surface area contributed by atoms with E-state index in [1.807, 2.05) is 19.1 Å². The van der Waals surface area contributed by atoms with Gasteiger partial charge in [0.15, 0.2) is 6.10 Å². The van der Waals surface area contributed by atoms with Gasteiger partial charge in [0.1, 0.15) is 12.7 Å². The van der Waals surface area contributed by atoms with E-state index in [4.69, 9.17) is 19.1 Å². The first-order chi connectivity index (χ1) is 27.1. The second-order valence-corrected chi connectivity index (χ2v) is 15.4. The Morgan fingerprint density at radius 3 is 1.70 bits per heavy atom. The molecule has 0 saturated heterocycles. The Morgan fingerprint density at radius 2 is 1.11 bits per heavy atom. The van der Waals surface area contributed by atoms with E-state index in [0.29, 0.717) is 19.3 Å². The molecule has 0 aliphatic carbocycles. The van der Waals surface area contributed by atoms with Gasteiger partial charge in [0.2, 0.25) is 0 Å². The van der Waals surface area contributed by atoms with Gasteiger partial charge in [0.05, 0.1) is 25.9 Å². The second-order valence-electron chi connectivity index (χ2n) is 14.0. The lowest BCUT2D eigenvalue weighted by Gasteiger charge is -2.20. The fraction of sp³-hybridized carbons (Fsp3) is 0.682. The number of aliphatic hydroxyl groups excluding tert-OH is 3. The third-order valence-corrected chi connectivity index (χ3v) is 9.33. The highest BCUT2D eigenvalue weighted by atomic mass is 31.2. The number of aliphatic hydroxyl groups is 3. The Balaban J connectivity index is 4.46. The summed E-state index contributed by atoms with van der Waals surface area (Å²) in [4.78, 5) is 34.9. The number of ether oxygens (including phenoxy) is 2. The molecule has 0 aromatic rings. The minimum Gasteiger partial charge on any atom is -0.462 e. The van der Waals surface area contributed by atoms with Crippen LogP contribution in [0.1, 0.15) is 149 Å². The lowest BCUT2D eigenvalue weighted by molar-refractivity contribution is -0.161. The van der Waals surface area contributed by atoms with Gasteiger partial charge in [0, 0.05) is 12.8 Å². The zero-order valence-corrected chi connectivity index (χ0v) is 35.3. The van der Waals surface area contributed by atoms with E-state index >= 15 is 0 Å². The molecule has 0 rings (SSSR count). The van der Waals surface area contributed by atoms with Crippen LogP contribution in [-0.4, -0.2) is 76.9 Å². The number of rotatable bonds is 38. The van der Waals surface area contributed by atoms with Crippen molar-refractivity contribution in [2.45, 2.75) is 167 Å². The number of esters is 2. The van der Waals surface area contributed by atoms with Gasteiger partial charge in [-0.3, -0.25) is 18.6 Å². The number of carbonyl (C=O) groups excluding carboxylic acids is 2. The SMILES string of the molecule is CCCCCC/C=C\C=C/CCCCCCCC(=O)OC[C@H](COP(=O)(O)OC[C@@H](O)CO)OC(=O)CCC/C=C\C/C=C\C/C=C\C/C=C\CCC[C@H](C)O. The van der Waals surface area contributed by atoms with E-state index in [-0.39, 0.29) is 25.6 Å². The van der Waals surface area contributed by atoms with Crippen molar-refractivity contribution in [2.24, 2.45) is 0 Å². The van der Waals surface area contributed by atoms with Crippen LogP contribution in [-0.2, 0) is 32.7 Å². The van der Waals surface area contributed by atoms with Gasteiger partial charge < -0.3 is 29.7 Å². The topological polar surface area (TPSA) is 169 Å². The summed E-state index contributed by atoms with van der Waals surface area (Å²) in [6, 6.07) is 0. The highest BCUT2D eigenvalue weighted by Gasteiger charge is 2.27. The average molecular weight is 811 g/mol. The monoisotopic (exact) mass is 811 g/mol. The summed E-state index contributed by atoms with van der Waals surface area (Å²) in [6.07, 6.45) is 41.5. The molecule has 0 radical (unpaired) electrons. The number of phosphoric acid groups is 1. The number of hydrogen-bond acceptors (Lipinski definition) is 10. The Hall–Kier alpha value is -2.63. The lowest BCUT2D eigenvalue weighted by Crippen LogP contribution is -2.29. The van der Waals surface area contributed by atoms with Crippen molar-refractivity contribution in [1.29, 1.82) is 0 Å². The van der Waals surface area contributed by atoms with Gasteiger partial charge in [0.25, 0.3) is 0 Å². The summed E-state index contributed by atoms with van der Waals surface area (Å²) in [7, 11) is -4.65. The molecule has 4 N–H and O–H groups in total. The normalized spacial score (nSPS) is 15.2. The summed E-state index contributed by atoms with van der Waals surface area (Å²) in [5, 5.41) is 27.6. The summed E-state index contributed by atoms with van der Waals surface area (Å²) >= 11 is 0. The van der Waals surface area contributed by atoms with Crippen LogP contribution in [0.25, 0.3) is 0 Å². The smallest absolute Gasteiger partial charge is 0.462 e. The number of carbonyl (C=O) groups is 2. The third kappa shape index (κ3) is 39.6. The van der Waals surface area contributed by atoms with Crippen molar-refractivity contribution in [3.05, 3.63) is 72.9 Å². The van der Waals surface area contributed by atoms with Crippen molar-refractivity contribution in [3.8, 4) is 0 Å². The van der Waals surface area contributed by atoms with Crippen LogP contribution in [0.2, 0.25) is 0 Å². The molecule has 4 atom stereocenters. The fourth-order valence-corrected chi connectivity index (χ4v) is 5.90. The Labute approximate surface area is 338 Å². The van der Waals surface area contributed by atoms with E-state index in [1.165, 1.54) is 25.7 Å². The molecule has 0 bridgehead atoms. The van der Waals surface area contributed by atoms with Crippen LogP contribution in [0.5, 0.6) is 0 Å². The first-order valence-corrected chi connectivity index (χ1v) is 22.4. The maximum atomic E-state index is 12.6. The van der Waals surface area contributed by atoms with Crippen molar-refractivity contribution >= 4 is 19.8 Å². The molecule has 0 saturated carbocycles. The molecule has 0 fully saturated rings. The minimum atomic E-state index is -4.65. The van der Waals surface area contributed by atoms with Crippen LogP contribution in [0.15, 0.2) is 72.9 Å². The van der Waals surface area contributed by atoms with Crippen molar-refractivity contribution in [2.75, 3.05) is 26.4 Å². The van der Waals surface area contributed by atoms with Gasteiger partial charge >= 0.3 is 19.8 Å². The standard InChI is InChI=1S/C44H75O11P/c1-3-4-5-6-7-8-9-10-12-16-19-22-25-28-31-34-43(48)52-38-42(39-54-56(50,51)53-37-41(47)36-45)55-44(49)35-32-29-26-23-20-17-14-11-13-15-18-21-24-27-30-33-40(2)46/h8-10,12-15,17,21,23-24,26,40-42,45-47H,3-7,11,16,18-20,22,25,27-39H2,1-2H3,(H,50,51)/b9-8-,12-10-,15-13-,17-14-,24-21-,26-23-/t40-,41-,42+/m0/s1. The summed E-state index contributed by atoms with van der Waals surface area (Å²) < 4.78 is 32.6. The molecular weight excluding hydrogens is 735 g/mol. The Morgan fingerprint density at radius 1 is 0.607 bits per heavy atom. The van der Waals surface area contributed by atoms with Crippen molar-refractivity contribution < 1.29 is 52.9 Å². The number of hydrogen-bond donors (Lipinski definition) is 4. The molecule has 56 heavy (non-hydrogen) atoms. The molecule has 0 aliphatic rings. The van der Waals surface area contributed by atoms with Gasteiger partial charge in [-0.05, 0) is 90.4 Å². The number of allylic oxidation sites excluding steroid dienone is 12. The van der Waals surface area contributed by atoms with Gasteiger partial charge in [-0.1, -0.05) is 118 Å². The van der Waals surface area contributed by atoms with Crippen LogP contribution < -0.4 is 0 Å². The molecule has 12 heteroatoms. The van der Waals surface area contributed by atoms with Crippen LogP contribution in [0, 0.1) is 0 Å². The Bertz CT molecular complexity index is 1180. The summed E-state index contributed by atoms with van der Waals surface area (Å²) in [5.74, 6) is -1.03. The second kappa shape index (κ2) is 39.2. The number of phosphoric ester groups is 1. The molecule has 11 nitrogen and oxygen atoms in total. The molecule has 0 heterocycles. The van der Waals surface area contributed by atoms with Crippen LogP contribution in [0.4, 0.5) is 0 Å². The largest absolute Gasteiger partial charge is 0.472 e. The zero-order chi connectivity index (χ0) is 41.4. The molecule has 0 aromatic heterocycles. The van der Waals surface area contributed by atoms with E-state index in [9.17, 15) is 29.3 Å². The molecule has 0 spiro atoms. The summed E-state index contributed by atoms with van der Waals surface area (Å²) in [5.41, 5.74) is 0. The predicted octanol–water partition coefficient (Wildman–Crippen LogP) is 9.86. The molecule has 322 valence electrons. The molecule has 0 aliphatic heterocycles. The quantitative estimate of drug-likeness (QED) is 0.0154. The van der Waals surface area contributed by atoms with E-state index in [2.05, 4.69) is 72.2 Å². The highest BCUT2D eigenvalue weighted by Crippen LogP contribution is 2.43. The molecule has 0 aromatic carbocycles. The van der Waals surface area contributed by atoms with E-state index in [1.54, 1.807) is 0 Å². The first-order valence-electron chi connectivity index (χ1n) is 20.9. The maximum absolute atomic E-state index is 12.6.